The van der Waals surface area contributed by atoms with Crippen LogP contribution < -0.4 is 5.32 Å². The van der Waals surface area contributed by atoms with Crippen molar-refractivity contribution in [2.75, 3.05) is 19.8 Å². The molecule has 2 aliphatic heterocycles. The Morgan fingerprint density at radius 1 is 1.09 bits per heavy atom. The third kappa shape index (κ3) is 4.69. The van der Waals surface area contributed by atoms with E-state index in [-0.39, 0.29) is 11.3 Å². The lowest BCUT2D eigenvalue weighted by atomic mass is 9.78. The van der Waals surface area contributed by atoms with E-state index in [0.29, 0.717) is 43.1 Å². The van der Waals surface area contributed by atoms with E-state index < -0.39 is 11.7 Å². The molecule has 0 bridgehead atoms. The van der Waals surface area contributed by atoms with Gasteiger partial charge in [0, 0.05) is 38.4 Å². The summed E-state index contributed by atoms with van der Waals surface area (Å²) < 4.78 is 45.1. The van der Waals surface area contributed by atoms with Crippen molar-refractivity contribution in [2.24, 2.45) is 11.3 Å². The van der Waals surface area contributed by atoms with Crippen LogP contribution in [-0.4, -0.2) is 42.6 Å². The van der Waals surface area contributed by atoms with Crippen LogP contribution in [0.15, 0.2) is 18.2 Å². The third-order valence-electron chi connectivity index (χ3n) is 7.96. The molecule has 1 N–H and O–H groups in total. The molecule has 0 aromatic heterocycles. The molecular formula is C25H33F3N2O2. The molecule has 0 spiro atoms. The molecule has 2 atom stereocenters. The van der Waals surface area contributed by atoms with Crippen LogP contribution in [0.25, 0.3) is 0 Å². The SMILES string of the molecule is O=C(N1CCc2ccc(C(F)(F)F)cc2C1)[C@@]1(CC2CC2)CC[C@@H](NC2CCOCC2)C1. The maximum absolute atomic E-state index is 13.9. The highest BCUT2D eigenvalue weighted by Gasteiger charge is 2.50. The summed E-state index contributed by atoms with van der Waals surface area (Å²) in [5, 5.41) is 3.79. The van der Waals surface area contributed by atoms with Gasteiger partial charge in [0.25, 0.3) is 0 Å². The van der Waals surface area contributed by atoms with Gasteiger partial charge < -0.3 is 15.0 Å². The average Bonchev–Trinajstić information content (AvgIpc) is 3.50. The van der Waals surface area contributed by atoms with E-state index in [0.717, 1.165) is 63.4 Å². The Hall–Kier alpha value is -1.60. The summed E-state index contributed by atoms with van der Waals surface area (Å²) in [5.74, 6) is 0.804. The summed E-state index contributed by atoms with van der Waals surface area (Å²) in [6.07, 6.45) is 4.37. The molecule has 2 aliphatic carbocycles. The predicted molar refractivity (Wildman–Crippen MR) is 115 cm³/mol. The fraction of sp³-hybridized carbons (Fsp3) is 0.720. The Bertz CT molecular complexity index is 848. The zero-order chi connectivity index (χ0) is 22.3. The quantitative estimate of drug-likeness (QED) is 0.707. The molecule has 1 aromatic rings. The van der Waals surface area contributed by atoms with E-state index in [2.05, 4.69) is 5.32 Å². The van der Waals surface area contributed by atoms with Crippen molar-refractivity contribution < 1.29 is 22.7 Å². The Balaban J connectivity index is 1.30. The number of hydrogen-bond donors (Lipinski definition) is 1. The van der Waals surface area contributed by atoms with Crippen LogP contribution in [0.4, 0.5) is 13.2 Å². The van der Waals surface area contributed by atoms with Gasteiger partial charge in [0.2, 0.25) is 5.91 Å². The van der Waals surface area contributed by atoms with Gasteiger partial charge in [-0.2, -0.15) is 13.2 Å². The zero-order valence-electron chi connectivity index (χ0n) is 18.6. The molecule has 4 aliphatic rings. The van der Waals surface area contributed by atoms with Crippen LogP contribution in [0, 0.1) is 11.3 Å². The third-order valence-corrected chi connectivity index (χ3v) is 7.96. The second-order valence-corrected chi connectivity index (χ2v) is 10.4. The molecule has 0 radical (unpaired) electrons. The number of hydrogen-bond acceptors (Lipinski definition) is 3. The van der Waals surface area contributed by atoms with E-state index >= 15 is 0 Å². The first-order chi connectivity index (χ1) is 15.3. The normalized spacial score (nSPS) is 29.2. The van der Waals surface area contributed by atoms with Crippen molar-refractivity contribution in [2.45, 2.75) is 82.6 Å². The lowest BCUT2D eigenvalue weighted by Crippen LogP contribution is -2.47. The van der Waals surface area contributed by atoms with Crippen molar-refractivity contribution in [3.8, 4) is 0 Å². The van der Waals surface area contributed by atoms with Crippen molar-refractivity contribution in [1.29, 1.82) is 0 Å². The van der Waals surface area contributed by atoms with Crippen molar-refractivity contribution in [3.05, 3.63) is 34.9 Å². The van der Waals surface area contributed by atoms with Crippen LogP contribution in [0.3, 0.4) is 0 Å². The number of carbonyl (C=O) groups is 1. The molecule has 2 saturated carbocycles. The minimum absolute atomic E-state index is 0.170. The largest absolute Gasteiger partial charge is 0.416 e. The van der Waals surface area contributed by atoms with Crippen molar-refractivity contribution >= 4 is 5.91 Å². The van der Waals surface area contributed by atoms with E-state index in [9.17, 15) is 18.0 Å². The Morgan fingerprint density at radius 3 is 2.59 bits per heavy atom. The van der Waals surface area contributed by atoms with Crippen molar-refractivity contribution in [3.63, 3.8) is 0 Å². The van der Waals surface area contributed by atoms with Crippen LogP contribution in [-0.2, 0) is 28.7 Å². The summed E-state index contributed by atoms with van der Waals surface area (Å²) in [6, 6.07) is 4.79. The van der Waals surface area contributed by atoms with Crippen LogP contribution in [0.5, 0.6) is 0 Å². The second-order valence-electron chi connectivity index (χ2n) is 10.4. The van der Waals surface area contributed by atoms with Crippen LogP contribution in [0.1, 0.15) is 68.1 Å². The first-order valence-corrected chi connectivity index (χ1v) is 12.1. The smallest absolute Gasteiger partial charge is 0.381 e. The predicted octanol–water partition coefficient (Wildman–Crippen LogP) is 4.70. The molecule has 3 fully saturated rings. The fourth-order valence-electron chi connectivity index (χ4n) is 6.05. The highest BCUT2D eigenvalue weighted by Crippen LogP contribution is 2.50. The molecule has 0 unspecified atom stereocenters. The highest BCUT2D eigenvalue weighted by atomic mass is 19.4. The highest BCUT2D eigenvalue weighted by molar-refractivity contribution is 5.83. The Kier molecular flexibility index (Phi) is 5.99. The maximum Gasteiger partial charge on any atom is 0.416 e. The van der Waals surface area contributed by atoms with Gasteiger partial charge in [-0.15, -0.1) is 0 Å². The number of carbonyl (C=O) groups excluding carboxylic acids is 1. The lowest BCUT2D eigenvalue weighted by molar-refractivity contribution is -0.143. The first-order valence-electron chi connectivity index (χ1n) is 12.1. The van der Waals surface area contributed by atoms with Crippen LogP contribution >= 0.6 is 0 Å². The summed E-state index contributed by atoms with van der Waals surface area (Å²) >= 11 is 0. The molecule has 1 amide bonds. The molecule has 5 rings (SSSR count). The number of alkyl halides is 3. The minimum atomic E-state index is -4.36. The van der Waals surface area contributed by atoms with Gasteiger partial charge >= 0.3 is 6.18 Å². The molecule has 176 valence electrons. The molecule has 1 saturated heterocycles. The topological polar surface area (TPSA) is 41.6 Å². The zero-order valence-corrected chi connectivity index (χ0v) is 18.6. The van der Waals surface area contributed by atoms with Gasteiger partial charge in [-0.1, -0.05) is 18.9 Å². The molecular weight excluding hydrogens is 417 g/mol. The summed E-state index contributed by atoms with van der Waals surface area (Å²) in [6.45, 7) is 2.48. The van der Waals surface area contributed by atoms with Gasteiger partial charge in [0.05, 0.1) is 11.0 Å². The number of amides is 1. The Morgan fingerprint density at radius 2 is 1.88 bits per heavy atom. The van der Waals surface area contributed by atoms with Crippen molar-refractivity contribution in [1.82, 2.24) is 10.2 Å². The summed E-state index contributed by atoms with van der Waals surface area (Å²) in [5.41, 5.74) is 0.600. The monoisotopic (exact) mass is 450 g/mol. The number of benzene rings is 1. The van der Waals surface area contributed by atoms with Gasteiger partial charge in [-0.3, -0.25) is 4.79 Å². The van der Waals surface area contributed by atoms with E-state index in [1.165, 1.54) is 18.9 Å². The fourth-order valence-corrected chi connectivity index (χ4v) is 6.05. The standard InChI is InChI=1S/C25H33F3N2O2/c26-25(27,28)20-4-3-18-6-10-30(16-19(18)13-20)23(31)24(14-17-1-2-17)9-5-22(15-24)29-21-7-11-32-12-8-21/h3-4,13,17,21-22,29H,1-2,5-12,14-16H2/t22-,24-/m1/s1. The molecule has 7 heteroatoms. The first kappa shape index (κ1) is 22.2. The van der Waals surface area contributed by atoms with Crippen LogP contribution in [0.2, 0.25) is 0 Å². The summed E-state index contributed by atoms with van der Waals surface area (Å²) in [4.78, 5) is 15.7. The van der Waals surface area contributed by atoms with Gasteiger partial charge in [-0.25, -0.2) is 0 Å². The number of nitrogens with zero attached hydrogens (tertiary/aromatic N) is 1. The van der Waals surface area contributed by atoms with E-state index in [1.54, 1.807) is 6.07 Å². The number of nitrogens with one attached hydrogen (secondary N) is 1. The van der Waals surface area contributed by atoms with Gasteiger partial charge in [0.15, 0.2) is 0 Å². The minimum Gasteiger partial charge on any atom is -0.381 e. The maximum atomic E-state index is 13.9. The number of ether oxygens (including phenoxy) is 1. The Labute approximate surface area is 187 Å². The lowest BCUT2D eigenvalue weighted by Gasteiger charge is -2.38. The molecule has 1 aromatic carbocycles. The van der Waals surface area contributed by atoms with Gasteiger partial charge in [-0.05, 0) is 74.1 Å². The van der Waals surface area contributed by atoms with E-state index in [4.69, 9.17) is 4.74 Å². The number of rotatable bonds is 5. The van der Waals surface area contributed by atoms with Gasteiger partial charge in [0.1, 0.15) is 0 Å². The van der Waals surface area contributed by atoms with E-state index in [1.807, 2.05) is 4.90 Å². The number of fused-ring (bicyclic) bond motifs is 1. The number of halogens is 3. The molecule has 2 heterocycles. The average molecular weight is 451 g/mol. The molecule has 32 heavy (non-hydrogen) atoms. The summed E-state index contributed by atoms with van der Waals surface area (Å²) in [7, 11) is 0. The second kappa shape index (κ2) is 8.64. The molecule has 4 nitrogen and oxygen atoms in total.